The quantitative estimate of drug-likeness (QED) is 0.857. The van der Waals surface area contributed by atoms with Gasteiger partial charge in [-0.3, -0.25) is 9.69 Å². The highest BCUT2D eigenvalue weighted by molar-refractivity contribution is 6.00. The van der Waals surface area contributed by atoms with Crippen LogP contribution in [0.25, 0.3) is 11.1 Å². The normalized spacial score (nSPS) is 21.9. The van der Waals surface area contributed by atoms with Crippen LogP contribution in [-0.2, 0) is 10.3 Å². The fourth-order valence-corrected chi connectivity index (χ4v) is 3.84. The number of hydrogen-bond acceptors (Lipinski definition) is 4. The number of hydrogen-bond donors (Lipinski definition) is 1. The first-order valence-corrected chi connectivity index (χ1v) is 9.64. The molecule has 3 rings (SSSR count). The number of carbonyl (C=O) groups is 1. The van der Waals surface area contributed by atoms with E-state index in [-0.39, 0.29) is 17.8 Å². The number of rotatable bonds is 5. The lowest BCUT2D eigenvalue weighted by Crippen LogP contribution is -2.53. The zero-order chi connectivity index (χ0) is 20.3. The lowest BCUT2D eigenvalue weighted by Gasteiger charge is -2.41. The first-order chi connectivity index (χ1) is 13.4. The van der Waals surface area contributed by atoms with Crippen molar-refractivity contribution in [1.29, 1.82) is 5.26 Å². The van der Waals surface area contributed by atoms with Crippen molar-refractivity contribution < 1.29 is 4.79 Å². The molecule has 2 aromatic carbocycles. The molecule has 0 spiro atoms. The molecule has 2 N–H and O–H groups in total. The van der Waals surface area contributed by atoms with E-state index in [1.54, 1.807) is 13.1 Å². The number of aliphatic imine (C=N–C) groups is 1. The average Bonchev–Trinajstić information content (AvgIpc) is 2.72. The maximum Gasteiger partial charge on any atom is 0.234 e. The van der Waals surface area contributed by atoms with Gasteiger partial charge in [-0.05, 0) is 48.2 Å². The van der Waals surface area contributed by atoms with Crippen molar-refractivity contribution >= 4 is 11.9 Å². The lowest BCUT2D eigenvalue weighted by atomic mass is 9.75. The maximum atomic E-state index is 13.0. The summed E-state index contributed by atoms with van der Waals surface area (Å²) in [6.07, 6.45) is 2.74. The molecule has 1 aliphatic heterocycles. The molecule has 0 bridgehead atoms. The minimum absolute atomic E-state index is 0.0142. The van der Waals surface area contributed by atoms with Gasteiger partial charge in [0.1, 0.15) is 0 Å². The lowest BCUT2D eigenvalue weighted by molar-refractivity contribution is -0.134. The van der Waals surface area contributed by atoms with Gasteiger partial charge in [0.2, 0.25) is 5.91 Å². The van der Waals surface area contributed by atoms with Gasteiger partial charge in [0.15, 0.2) is 5.96 Å². The highest BCUT2D eigenvalue weighted by Crippen LogP contribution is 2.41. The molecule has 2 aromatic rings. The molecule has 5 heteroatoms. The molecule has 5 nitrogen and oxygen atoms in total. The van der Waals surface area contributed by atoms with Gasteiger partial charge in [0.05, 0.1) is 23.1 Å². The van der Waals surface area contributed by atoms with Gasteiger partial charge in [-0.25, -0.2) is 4.99 Å². The molecular formula is C23H26N4O. The Morgan fingerprint density at radius 1 is 1.21 bits per heavy atom. The van der Waals surface area contributed by atoms with Crippen molar-refractivity contribution in [2.24, 2.45) is 16.6 Å². The Morgan fingerprint density at radius 3 is 2.57 bits per heavy atom. The SMILES string of the molecule is CCCC[C@H]1C(=O)N(C)C(N)=N[C@]1(C)c1cccc(-c2cccc(C#N)c2)c1. The predicted octanol–water partition coefficient (Wildman–Crippen LogP) is 4.03. The minimum Gasteiger partial charge on any atom is -0.369 e. The van der Waals surface area contributed by atoms with Crippen LogP contribution in [0, 0.1) is 17.2 Å². The van der Waals surface area contributed by atoms with Crippen LogP contribution in [0.15, 0.2) is 53.5 Å². The standard InChI is InChI=1S/C23H26N4O/c1-4-5-12-20-21(28)27(3)22(25)26-23(20,2)19-11-7-10-18(14-19)17-9-6-8-16(13-17)15-24/h6-11,13-14,20H,4-5,12H2,1-3H3,(H2,25,26)/t20-,23+/m0/s1. The fraction of sp³-hybridized carbons (Fsp3) is 0.348. The Kier molecular flexibility index (Phi) is 5.51. The van der Waals surface area contributed by atoms with E-state index in [9.17, 15) is 10.1 Å². The molecule has 0 fully saturated rings. The molecule has 0 unspecified atom stereocenters. The number of amides is 1. The molecule has 1 aliphatic rings. The first kappa shape index (κ1) is 19.6. The first-order valence-electron chi connectivity index (χ1n) is 9.64. The molecule has 1 heterocycles. The topological polar surface area (TPSA) is 82.5 Å². The zero-order valence-electron chi connectivity index (χ0n) is 16.6. The van der Waals surface area contributed by atoms with Gasteiger partial charge >= 0.3 is 0 Å². The largest absolute Gasteiger partial charge is 0.369 e. The van der Waals surface area contributed by atoms with Gasteiger partial charge in [-0.1, -0.05) is 50.1 Å². The van der Waals surface area contributed by atoms with Crippen molar-refractivity contribution in [3.63, 3.8) is 0 Å². The summed E-state index contributed by atoms with van der Waals surface area (Å²) in [4.78, 5) is 19.2. The predicted molar refractivity (Wildman–Crippen MR) is 111 cm³/mol. The summed E-state index contributed by atoms with van der Waals surface area (Å²) in [6, 6.07) is 17.7. The summed E-state index contributed by atoms with van der Waals surface area (Å²) in [6.45, 7) is 4.12. The molecule has 144 valence electrons. The minimum atomic E-state index is -0.717. The van der Waals surface area contributed by atoms with Crippen LogP contribution in [-0.4, -0.2) is 23.8 Å². The third-order valence-electron chi connectivity index (χ3n) is 5.62. The highest BCUT2D eigenvalue weighted by Gasteiger charge is 2.45. The highest BCUT2D eigenvalue weighted by atomic mass is 16.2. The molecule has 2 atom stereocenters. The summed E-state index contributed by atoms with van der Waals surface area (Å²) in [5.74, 6) is 0.00269. The van der Waals surface area contributed by atoms with Crippen LogP contribution in [0.3, 0.4) is 0 Å². The second kappa shape index (κ2) is 7.85. The number of carbonyl (C=O) groups excluding carboxylic acids is 1. The molecule has 0 aromatic heterocycles. The monoisotopic (exact) mass is 374 g/mol. The van der Waals surface area contributed by atoms with Crippen LogP contribution in [0.1, 0.15) is 44.2 Å². The number of unbranched alkanes of at least 4 members (excludes halogenated alkanes) is 1. The molecule has 0 saturated carbocycles. The zero-order valence-corrected chi connectivity index (χ0v) is 16.6. The van der Waals surface area contributed by atoms with E-state index >= 15 is 0 Å². The summed E-state index contributed by atoms with van der Waals surface area (Å²) in [5.41, 5.74) is 8.89. The van der Waals surface area contributed by atoms with Gasteiger partial charge in [0.25, 0.3) is 0 Å². The molecule has 1 amide bonds. The van der Waals surface area contributed by atoms with Crippen LogP contribution in [0.5, 0.6) is 0 Å². The van der Waals surface area contributed by atoms with E-state index < -0.39 is 5.54 Å². The molecule has 0 aliphatic carbocycles. The number of nitrogens with two attached hydrogens (primary N) is 1. The maximum absolute atomic E-state index is 13.0. The van der Waals surface area contributed by atoms with E-state index in [0.717, 1.165) is 36.0 Å². The van der Waals surface area contributed by atoms with Crippen LogP contribution in [0.4, 0.5) is 0 Å². The molecular weight excluding hydrogens is 348 g/mol. The number of guanidine groups is 1. The van der Waals surface area contributed by atoms with Crippen LogP contribution >= 0.6 is 0 Å². The second-order valence-electron chi connectivity index (χ2n) is 7.48. The van der Waals surface area contributed by atoms with Gasteiger partial charge in [-0.2, -0.15) is 5.26 Å². The number of benzene rings is 2. The Bertz CT molecular complexity index is 959. The van der Waals surface area contributed by atoms with E-state index in [1.807, 2.05) is 43.3 Å². The Labute approximate surface area is 166 Å². The third-order valence-corrected chi connectivity index (χ3v) is 5.62. The van der Waals surface area contributed by atoms with Gasteiger partial charge < -0.3 is 5.73 Å². The second-order valence-corrected chi connectivity index (χ2v) is 7.48. The Balaban J connectivity index is 2.09. The number of nitriles is 1. The summed E-state index contributed by atoms with van der Waals surface area (Å²) in [5, 5.41) is 9.18. The summed E-state index contributed by atoms with van der Waals surface area (Å²) in [7, 11) is 1.68. The van der Waals surface area contributed by atoms with E-state index in [1.165, 1.54) is 4.90 Å². The van der Waals surface area contributed by atoms with Crippen molar-refractivity contribution in [3.05, 3.63) is 59.7 Å². The molecule has 0 radical (unpaired) electrons. The Hall–Kier alpha value is -3.13. The third kappa shape index (κ3) is 3.50. The van der Waals surface area contributed by atoms with E-state index in [4.69, 9.17) is 10.7 Å². The van der Waals surface area contributed by atoms with Crippen molar-refractivity contribution in [1.82, 2.24) is 4.90 Å². The fourth-order valence-electron chi connectivity index (χ4n) is 3.84. The molecule has 28 heavy (non-hydrogen) atoms. The summed E-state index contributed by atoms with van der Waals surface area (Å²) >= 11 is 0. The smallest absolute Gasteiger partial charge is 0.234 e. The summed E-state index contributed by atoms with van der Waals surface area (Å²) < 4.78 is 0. The average molecular weight is 374 g/mol. The number of nitrogens with zero attached hydrogens (tertiary/aromatic N) is 3. The van der Waals surface area contributed by atoms with Crippen molar-refractivity contribution in [3.8, 4) is 17.2 Å². The molecule has 0 saturated heterocycles. The van der Waals surface area contributed by atoms with E-state index in [2.05, 4.69) is 19.1 Å². The van der Waals surface area contributed by atoms with Crippen molar-refractivity contribution in [2.75, 3.05) is 7.05 Å². The van der Waals surface area contributed by atoms with Crippen LogP contribution < -0.4 is 5.73 Å². The van der Waals surface area contributed by atoms with E-state index in [0.29, 0.717) is 5.56 Å². The van der Waals surface area contributed by atoms with Gasteiger partial charge in [0, 0.05) is 7.05 Å². The van der Waals surface area contributed by atoms with Crippen LogP contribution in [0.2, 0.25) is 0 Å². The van der Waals surface area contributed by atoms with Gasteiger partial charge in [-0.15, -0.1) is 0 Å². The Morgan fingerprint density at radius 2 is 1.89 bits per heavy atom. The van der Waals surface area contributed by atoms with Crippen molar-refractivity contribution in [2.45, 2.75) is 38.6 Å².